The molecule has 4 aromatic rings. The van der Waals surface area contributed by atoms with Gasteiger partial charge in [0, 0.05) is 30.3 Å². The first kappa shape index (κ1) is 25.3. The summed E-state index contributed by atoms with van der Waals surface area (Å²) >= 11 is 1.83. The molecule has 2 aromatic heterocycles. The number of fused-ring (bicyclic) bond motifs is 1. The third kappa shape index (κ3) is 8.66. The number of aromatic nitrogens is 2. The molecule has 0 saturated carbocycles. The zero-order valence-electron chi connectivity index (χ0n) is 16.5. The molecule has 0 bridgehead atoms. The molecule has 0 radical (unpaired) electrons. The number of para-hydroxylation sites is 2. The Morgan fingerprint density at radius 2 is 1.12 bits per heavy atom. The Morgan fingerprint density at radius 3 is 1.62 bits per heavy atom. The Bertz CT molecular complexity index is 1110. The Kier molecular flexibility index (Phi) is 8.37. The molecule has 0 saturated heterocycles. The largest absolute Gasteiger partial charge is 0.673 e. The maximum absolute atomic E-state index is 9.75. The van der Waals surface area contributed by atoms with Crippen LogP contribution in [-0.4, -0.2) is 14.5 Å². The Hall–Kier alpha value is -2.95. The van der Waals surface area contributed by atoms with Gasteiger partial charge in [0.2, 0.25) is 11.2 Å². The van der Waals surface area contributed by atoms with Crippen molar-refractivity contribution in [3.8, 4) is 16.3 Å². The molecule has 0 unspecified atom stereocenters. The van der Waals surface area contributed by atoms with E-state index in [1.54, 1.807) is 0 Å². The van der Waals surface area contributed by atoms with Crippen molar-refractivity contribution >= 4 is 36.1 Å². The number of halogens is 8. The van der Waals surface area contributed by atoms with Crippen molar-refractivity contribution in [1.29, 1.82) is 0 Å². The summed E-state index contributed by atoms with van der Waals surface area (Å²) in [5.41, 5.74) is 3.70. The van der Waals surface area contributed by atoms with Crippen LogP contribution in [0.5, 0.6) is 0 Å². The summed E-state index contributed by atoms with van der Waals surface area (Å²) in [6, 6.07) is 23.3. The van der Waals surface area contributed by atoms with Gasteiger partial charge in [0.1, 0.15) is 11.7 Å². The van der Waals surface area contributed by atoms with Crippen LogP contribution in [0.1, 0.15) is 0 Å². The molecule has 0 aliphatic rings. The van der Waals surface area contributed by atoms with Crippen LogP contribution in [0.4, 0.5) is 34.5 Å². The van der Waals surface area contributed by atoms with E-state index >= 15 is 0 Å². The predicted octanol–water partition coefficient (Wildman–Crippen LogP) is 6.27. The molecule has 0 aliphatic carbocycles. The lowest BCUT2D eigenvalue weighted by Gasteiger charge is -1.96. The summed E-state index contributed by atoms with van der Waals surface area (Å²) < 4.78 is 83.7. The normalized spacial score (nSPS) is 11.3. The summed E-state index contributed by atoms with van der Waals surface area (Å²) in [6.07, 6.45) is 4.24. The van der Waals surface area contributed by atoms with Crippen molar-refractivity contribution in [2.45, 2.75) is 0 Å². The second-order valence-electron chi connectivity index (χ2n) is 6.25. The van der Waals surface area contributed by atoms with E-state index in [1.807, 2.05) is 17.4 Å². The van der Waals surface area contributed by atoms with Gasteiger partial charge in [-0.2, -0.15) is 9.13 Å². The second kappa shape index (κ2) is 10.6. The SMILES string of the molecule is C[n+]1c(-c2cc[n+](-c3ccccc3)cc2)sc2ccccc21.F[B-](F)(F)F.F[B-](F)(F)F. The minimum atomic E-state index is -6.00. The fourth-order valence-electron chi connectivity index (χ4n) is 2.70. The van der Waals surface area contributed by atoms with E-state index in [0.29, 0.717) is 0 Å². The zero-order valence-corrected chi connectivity index (χ0v) is 17.3. The highest BCUT2D eigenvalue weighted by Gasteiger charge is 2.21. The fourth-order valence-corrected chi connectivity index (χ4v) is 3.85. The topological polar surface area (TPSA) is 7.76 Å². The molecule has 2 aromatic carbocycles. The van der Waals surface area contributed by atoms with Crippen LogP contribution >= 0.6 is 11.3 Å². The second-order valence-corrected chi connectivity index (χ2v) is 7.28. The first-order valence-corrected chi connectivity index (χ1v) is 9.84. The van der Waals surface area contributed by atoms with E-state index in [1.165, 1.54) is 26.5 Å². The Labute approximate surface area is 182 Å². The predicted molar refractivity (Wildman–Crippen MR) is 110 cm³/mol. The minimum absolute atomic E-state index is 1.18. The monoisotopic (exact) mass is 478 g/mol. The maximum atomic E-state index is 9.75. The lowest BCUT2D eigenvalue weighted by atomic mass is 10.2. The average Bonchev–Trinajstić information content (AvgIpc) is 3.03. The highest BCUT2D eigenvalue weighted by Crippen LogP contribution is 2.27. The number of pyridine rings is 1. The fraction of sp³-hybridized carbons (Fsp3) is 0.0526. The van der Waals surface area contributed by atoms with Crippen molar-refractivity contribution in [2.75, 3.05) is 0 Å². The molecule has 4 rings (SSSR count). The highest BCUT2D eigenvalue weighted by molar-refractivity contribution is 7.21. The number of nitrogens with zero attached hydrogens (tertiary/aromatic N) is 2. The van der Waals surface area contributed by atoms with Crippen LogP contribution in [0.3, 0.4) is 0 Å². The van der Waals surface area contributed by atoms with E-state index in [4.69, 9.17) is 0 Å². The minimum Gasteiger partial charge on any atom is -0.418 e. The van der Waals surface area contributed by atoms with E-state index in [9.17, 15) is 34.5 Å². The van der Waals surface area contributed by atoms with Gasteiger partial charge in [-0.1, -0.05) is 41.7 Å². The van der Waals surface area contributed by atoms with Gasteiger partial charge in [0.15, 0.2) is 12.4 Å². The number of aryl methyl sites for hydroxylation is 1. The lowest BCUT2D eigenvalue weighted by molar-refractivity contribution is -0.629. The number of thiazole rings is 1. The van der Waals surface area contributed by atoms with Crippen LogP contribution < -0.4 is 9.13 Å². The van der Waals surface area contributed by atoms with Gasteiger partial charge in [-0.25, -0.2) is 0 Å². The number of rotatable bonds is 2. The van der Waals surface area contributed by atoms with Crippen LogP contribution in [0.15, 0.2) is 79.1 Å². The molecular weight excluding hydrogens is 462 g/mol. The smallest absolute Gasteiger partial charge is 0.418 e. The van der Waals surface area contributed by atoms with Gasteiger partial charge in [-0.3, -0.25) is 0 Å². The summed E-state index contributed by atoms with van der Waals surface area (Å²) in [5.74, 6) is 0. The maximum Gasteiger partial charge on any atom is 0.673 e. The molecule has 0 aliphatic heterocycles. The van der Waals surface area contributed by atoms with Gasteiger partial charge < -0.3 is 34.5 Å². The van der Waals surface area contributed by atoms with Gasteiger partial charge in [0.25, 0.3) is 5.01 Å². The van der Waals surface area contributed by atoms with E-state index in [-0.39, 0.29) is 0 Å². The van der Waals surface area contributed by atoms with Crippen molar-refractivity contribution in [2.24, 2.45) is 7.05 Å². The molecule has 32 heavy (non-hydrogen) atoms. The van der Waals surface area contributed by atoms with Gasteiger partial charge in [-0.15, -0.1) is 0 Å². The van der Waals surface area contributed by atoms with Gasteiger partial charge in [0.05, 0.1) is 5.56 Å². The molecule has 13 heteroatoms. The van der Waals surface area contributed by atoms with Crippen molar-refractivity contribution < 1.29 is 43.7 Å². The molecule has 0 atom stereocenters. The summed E-state index contributed by atoms with van der Waals surface area (Å²) in [4.78, 5) is 0. The van der Waals surface area contributed by atoms with Crippen LogP contribution in [0.25, 0.3) is 26.5 Å². The quantitative estimate of drug-likeness (QED) is 0.182. The Balaban J connectivity index is 0.000000308. The Morgan fingerprint density at radius 1 is 0.656 bits per heavy atom. The van der Waals surface area contributed by atoms with Crippen molar-refractivity contribution in [1.82, 2.24) is 0 Å². The van der Waals surface area contributed by atoms with Crippen LogP contribution in [0.2, 0.25) is 0 Å². The standard InChI is InChI=1S/C19H16N2S.2BF4/c1-20-17-9-5-6-10-18(17)22-19(20)15-11-13-21(14-12-15)16-7-3-2-4-8-16;2*2-1(3,4)5/h2-14H,1H3;;/q+2;2*-1. The lowest BCUT2D eigenvalue weighted by Crippen LogP contribution is -2.30. The summed E-state index contributed by atoms with van der Waals surface area (Å²) in [5, 5.41) is 1.28. The first-order chi connectivity index (χ1) is 14.8. The zero-order chi connectivity index (χ0) is 23.9. The number of benzene rings is 2. The molecular formula is C19H16B2F8N2S. The van der Waals surface area contributed by atoms with Crippen LogP contribution in [0, 0.1) is 0 Å². The summed E-state index contributed by atoms with van der Waals surface area (Å²) in [6.45, 7) is 0. The average molecular weight is 478 g/mol. The highest BCUT2D eigenvalue weighted by atomic mass is 32.1. The number of hydrogen-bond donors (Lipinski definition) is 0. The molecule has 2 heterocycles. The van der Waals surface area contributed by atoms with E-state index < -0.39 is 14.5 Å². The van der Waals surface area contributed by atoms with Gasteiger partial charge in [-0.05, 0) is 6.07 Å². The van der Waals surface area contributed by atoms with Crippen molar-refractivity contribution in [3.05, 3.63) is 79.1 Å². The first-order valence-electron chi connectivity index (χ1n) is 9.02. The number of hydrogen-bond acceptors (Lipinski definition) is 1. The van der Waals surface area contributed by atoms with E-state index in [0.717, 1.165) is 0 Å². The molecule has 170 valence electrons. The summed E-state index contributed by atoms with van der Waals surface area (Å²) in [7, 11) is -9.87. The molecule has 0 fully saturated rings. The third-order valence-electron chi connectivity index (χ3n) is 3.87. The molecule has 2 nitrogen and oxygen atoms in total. The van der Waals surface area contributed by atoms with Gasteiger partial charge >= 0.3 is 14.5 Å². The molecule has 0 N–H and O–H groups in total. The third-order valence-corrected chi connectivity index (χ3v) is 5.14. The van der Waals surface area contributed by atoms with Crippen LogP contribution in [-0.2, 0) is 7.05 Å². The molecule has 0 spiro atoms. The van der Waals surface area contributed by atoms with Crippen molar-refractivity contribution in [3.63, 3.8) is 0 Å². The molecule has 0 amide bonds. The van der Waals surface area contributed by atoms with E-state index in [2.05, 4.69) is 89.2 Å².